The number of aryl methyl sites for hydroxylation is 2. The molecule has 0 unspecified atom stereocenters. The molecule has 2 aromatic rings. The summed E-state index contributed by atoms with van der Waals surface area (Å²) in [6.07, 6.45) is 3.27. The molecule has 1 aliphatic rings. The molecule has 0 spiro atoms. The first-order chi connectivity index (χ1) is 12.8. The van der Waals surface area contributed by atoms with Crippen LogP contribution >= 0.6 is 11.6 Å². The van der Waals surface area contributed by atoms with Crippen LogP contribution in [0.15, 0.2) is 42.5 Å². The van der Waals surface area contributed by atoms with Crippen molar-refractivity contribution in [3.05, 3.63) is 58.6 Å². The molecule has 1 amide bonds. The number of amides is 1. The van der Waals surface area contributed by atoms with E-state index < -0.39 is 11.6 Å². The van der Waals surface area contributed by atoms with Gasteiger partial charge in [0.1, 0.15) is 5.75 Å². The lowest BCUT2D eigenvalue weighted by Crippen LogP contribution is -2.41. The van der Waals surface area contributed by atoms with E-state index >= 15 is 0 Å². The molecule has 27 heavy (non-hydrogen) atoms. The molecule has 2 aromatic carbocycles. The average molecular weight is 388 g/mol. The highest BCUT2D eigenvalue weighted by molar-refractivity contribution is 6.30. The molecular weight excluding hydrogens is 366 g/mol. The van der Waals surface area contributed by atoms with Gasteiger partial charge in [-0.1, -0.05) is 17.7 Å². The van der Waals surface area contributed by atoms with Crippen molar-refractivity contribution in [1.82, 2.24) is 0 Å². The van der Waals surface area contributed by atoms with Crippen LogP contribution in [-0.2, 0) is 27.2 Å². The fourth-order valence-corrected chi connectivity index (χ4v) is 3.12. The Morgan fingerprint density at radius 3 is 2.52 bits per heavy atom. The van der Waals surface area contributed by atoms with E-state index in [-0.39, 0.29) is 12.5 Å². The second kappa shape index (κ2) is 8.01. The molecule has 0 aromatic heterocycles. The normalized spacial score (nSPS) is 13.0. The molecule has 5 nitrogen and oxygen atoms in total. The first kappa shape index (κ1) is 19.2. The van der Waals surface area contributed by atoms with Crippen LogP contribution in [0.3, 0.4) is 0 Å². The van der Waals surface area contributed by atoms with Gasteiger partial charge in [-0.3, -0.25) is 4.79 Å². The lowest BCUT2D eigenvalue weighted by molar-refractivity contribution is -0.161. The summed E-state index contributed by atoms with van der Waals surface area (Å²) in [5.74, 6) is -0.519. The third kappa shape index (κ3) is 5.01. The van der Waals surface area contributed by atoms with Gasteiger partial charge in [0.2, 0.25) is 0 Å². The van der Waals surface area contributed by atoms with Gasteiger partial charge >= 0.3 is 5.97 Å². The first-order valence-electron chi connectivity index (χ1n) is 8.87. The van der Waals surface area contributed by atoms with Crippen molar-refractivity contribution in [3.63, 3.8) is 0 Å². The minimum atomic E-state index is -1.23. The van der Waals surface area contributed by atoms with Crippen LogP contribution in [0.5, 0.6) is 5.75 Å². The Labute approximate surface area is 163 Å². The van der Waals surface area contributed by atoms with E-state index in [0.717, 1.165) is 19.3 Å². The van der Waals surface area contributed by atoms with Crippen molar-refractivity contribution in [2.24, 2.45) is 0 Å². The van der Waals surface area contributed by atoms with E-state index in [9.17, 15) is 9.59 Å². The average Bonchev–Trinajstić information content (AvgIpc) is 3.09. The summed E-state index contributed by atoms with van der Waals surface area (Å²) in [4.78, 5) is 24.4. The molecule has 0 bridgehead atoms. The molecule has 0 aliphatic heterocycles. The molecule has 0 heterocycles. The number of halogens is 1. The van der Waals surface area contributed by atoms with Crippen molar-refractivity contribution in [2.75, 3.05) is 11.9 Å². The molecular formula is C21H22ClNO4. The SMILES string of the molecule is CC(C)(Oc1ccc(Cl)cc1)C(=O)OCC(=O)Nc1ccc2c(c1)CCC2. The number of esters is 1. The molecule has 0 atom stereocenters. The number of hydrogen-bond acceptors (Lipinski definition) is 4. The minimum absolute atomic E-state index is 0.372. The van der Waals surface area contributed by atoms with Crippen LogP contribution in [0.25, 0.3) is 0 Å². The van der Waals surface area contributed by atoms with Gasteiger partial charge in [0, 0.05) is 10.7 Å². The molecule has 1 aliphatic carbocycles. The lowest BCUT2D eigenvalue weighted by Gasteiger charge is -2.24. The second-order valence-electron chi connectivity index (χ2n) is 7.03. The molecule has 0 fully saturated rings. The fraction of sp³-hybridized carbons (Fsp3) is 0.333. The van der Waals surface area contributed by atoms with Crippen LogP contribution < -0.4 is 10.1 Å². The summed E-state index contributed by atoms with van der Waals surface area (Å²) < 4.78 is 10.8. The Morgan fingerprint density at radius 1 is 1.07 bits per heavy atom. The number of fused-ring (bicyclic) bond motifs is 1. The summed E-state index contributed by atoms with van der Waals surface area (Å²) in [5.41, 5.74) is 2.08. The predicted octanol–water partition coefficient (Wildman–Crippen LogP) is 4.17. The summed E-state index contributed by atoms with van der Waals surface area (Å²) >= 11 is 5.84. The van der Waals surface area contributed by atoms with Gasteiger partial charge in [0.15, 0.2) is 12.2 Å². The number of ether oxygens (including phenoxy) is 2. The van der Waals surface area contributed by atoms with E-state index in [1.807, 2.05) is 18.2 Å². The van der Waals surface area contributed by atoms with Gasteiger partial charge < -0.3 is 14.8 Å². The molecule has 142 valence electrons. The second-order valence-corrected chi connectivity index (χ2v) is 7.46. The summed E-state index contributed by atoms with van der Waals surface area (Å²) in [5, 5.41) is 3.34. The smallest absolute Gasteiger partial charge is 0.350 e. The monoisotopic (exact) mass is 387 g/mol. The third-order valence-corrected chi connectivity index (χ3v) is 4.65. The molecule has 0 radical (unpaired) electrons. The van der Waals surface area contributed by atoms with Gasteiger partial charge in [-0.05, 0) is 80.6 Å². The van der Waals surface area contributed by atoms with Crippen molar-refractivity contribution >= 4 is 29.2 Å². The largest absolute Gasteiger partial charge is 0.476 e. The predicted molar refractivity (Wildman–Crippen MR) is 104 cm³/mol. The van der Waals surface area contributed by atoms with Gasteiger partial charge in [0.25, 0.3) is 5.91 Å². The van der Waals surface area contributed by atoms with Crippen LogP contribution in [0.1, 0.15) is 31.4 Å². The third-order valence-electron chi connectivity index (χ3n) is 4.39. The minimum Gasteiger partial charge on any atom is -0.476 e. The quantitative estimate of drug-likeness (QED) is 0.755. The maximum absolute atomic E-state index is 12.3. The van der Waals surface area contributed by atoms with Crippen LogP contribution in [0.4, 0.5) is 5.69 Å². The molecule has 6 heteroatoms. The number of nitrogens with one attached hydrogen (secondary N) is 1. The lowest BCUT2D eigenvalue weighted by atomic mass is 10.1. The van der Waals surface area contributed by atoms with Crippen molar-refractivity contribution < 1.29 is 19.1 Å². The Bertz CT molecular complexity index is 846. The molecule has 3 rings (SSSR count). The van der Waals surface area contributed by atoms with E-state index in [1.165, 1.54) is 11.1 Å². The molecule has 0 saturated heterocycles. The van der Waals surface area contributed by atoms with Crippen molar-refractivity contribution in [2.45, 2.75) is 38.7 Å². The number of benzene rings is 2. The van der Waals surface area contributed by atoms with Crippen molar-refractivity contribution in [3.8, 4) is 5.75 Å². The number of hydrogen-bond donors (Lipinski definition) is 1. The first-order valence-corrected chi connectivity index (χ1v) is 9.25. The fourth-order valence-electron chi connectivity index (χ4n) is 2.99. The zero-order valence-corrected chi connectivity index (χ0v) is 16.1. The zero-order chi connectivity index (χ0) is 19.4. The van der Waals surface area contributed by atoms with Crippen LogP contribution in [0.2, 0.25) is 5.02 Å². The summed E-state index contributed by atoms with van der Waals surface area (Å²) in [6, 6.07) is 12.6. The molecule has 1 N–H and O–H groups in total. The number of rotatable bonds is 6. The zero-order valence-electron chi connectivity index (χ0n) is 15.4. The topological polar surface area (TPSA) is 64.6 Å². The Kier molecular flexibility index (Phi) is 5.71. The highest BCUT2D eigenvalue weighted by atomic mass is 35.5. The Morgan fingerprint density at radius 2 is 1.78 bits per heavy atom. The van der Waals surface area contributed by atoms with Crippen LogP contribution in [0, 0.1) is 0 Å². The van der Waals surface area contributed by atoms with E-state index in [2.05, 4.69) is 5.32 Å². The number of carbonyl (C=O) groups excluding carboxylic acids is 2. The number of anilines is 1. The van der Waals surface area contributed by atoms with E-state index in [0.29, 0.717) is 16.5 Å². The van der Waals surface area contributed by atoms with E-state index in [4.69, 9.17) is 21.1 Å². The standard InChI is InChI=1S/C21H22ClNO4/c1-21(2,27-18-10-7-16(22)8-11-18)20(25)26-13-19(24)23-17-9-6-14-4-3-5-15(14)12-17/h6-12H,3-5,13H2,1-2H3,(H,23,24). The Hall–Kier alpha value is -2.53. The maximum atomic E-state index is 12.3. The summed E-state index contributed by atoms with van der Waals surface area (Å²) in [6.45, 7) is 2.80. The highest BCUT2D eigenvalue weighted by Gasteiger charge is 2.32. The van der Waals surface area contributed by atoms with E-state index in [1.54, 1.807) is 38.1 Å². The molecule has 0 saturated carbocycles. The van der Waals surface area contributed by atoms with Gasteiger partial charge in [-0.15, -0.1) is 0 Å². The van der Waals surface area contributed by atoms with Crippen molar-refractivity contribution in [1.29, 1.82) is 0 Å². The van der Waals surface area contributed by atoms with Gasteiger partial charge in [0.05, 0.1) is 0 Å². The van der Waals surface area contributed by atoms with Crippen LogP contribution in [-0.4, -0.2) is 24.1 Å². The van der Waals surface area contributed by atoms with Gasteiger partial charge in [-0.2, -0.15) is 0 Å². The highest BCUT2D eigenvalue weighted by Crippen LogP contribution is 2.25. The van der Waals surface area contributed by atoms with Gasteiger partial charge in [-0.25, -0.2) is 4.79 Å². The Balaban J connectivity index is 1.51. The maximum Gasteiger partial charge on any atom is 0.350 e. The number of carbonyl (C=O) groups is 2. The summed E-state index contributed by atoms with van der Waals surface area (Å²) in [7, 11) is 0.